The van der Waals surface area contributed by atoms with E-state index < -0.39 is 26.7 Å². The van der Waals surface area contributed by atoms with Crippen molar-refractivity contribution in [2.24, 2.45) is 10.3 Å². The minimum absolute atomic E-state index is 0.0299. The van der Waals surface area contributed by atoms with Gasteiger partial charge in [-0.05, 0) is 60.3 Å². The second kappa shape index (κ2) is 12.1. The summed E-state index contributed by atoms with van der Waals surface area (Å²) in [5, 5.41) is 13.1. The van der Waals surface area contributed by atoms with Gasteiger partial charge in [-0.3, -0.25) is 9.52 Å². The van der Waals surface area contributed by atoms with Crippen LogP contribution in [0.5, 0.6) is 5.75 Å². The van der Waals surface area contributed by atoms with E-state index in [0.29, 0.717) is 18.2 Å². The number of hydrogen-bond donors (Lipinski definition) is 4. The fraction of sp³-hybridized carbons (Fsp3) is 0.345. The number of amidine groups is 1. The number of carbonyl (C=O) groups excluding carboxylic acids is 1. The van der Waals surface area contributed by atoms with Crippen LogP contribution < -0.4 is 15.6 Å². The Balaban J connectivity index is 1.34. The van der Waals surface area contributed by atoms with Crippen molar-refractivity contribution in [3.05, 3.63) is 87.8 Å². The van der Waals surface area contributed by atoms with Crippen LogP contribution in [0.4, 0.5) is 10.5 Å². The molecule has 1 aromatic heterocycles. The zero-order valence-corrected chi connectivity index (χ0v) is 24.6. The van der Waals surface area contributed by atoms with E-state index in [1.165, 1.54) is 16.8 Å². The minimum atomic E-state index is -4.19. The van der Waals surface area contributed by atoms with Crippen LogP contribution in [0.2, 0.25) is 0 Å². The van der Waals surface area contributed by atoms with Crippen molar-refractivity contribution in [2.75, 3.05) is 11.1 Å². The van der Waals surface area contributed by atoms with E-state index in [1.54, 1.807) is 18.2 Å². The molecule has 3 N–H and O–H groups in total. The first-order chi connectivity index (χ1) is 19.6. The predicted molar refractivity (Wildman–Crippen MR) is 161 cm³/mol. The van der Waals surface area contributed by atoms with Crippen LogP contribution in [-0.4, -0.2) is 35.0 Å². The fourth-order valence-electron chi connectivity index (χ4n) is 4.81. The molecule has 0 amide bonds. The van der Waals surface area contributed by atoms with Crippen LogP contribution in [-0.2, 0) is 27.9 Å². The summed E-state index contributed by atoms with van der Waals surface area (Å²) in [6.07, 6.45) is 3.77. The van der Waals surface area contributed by atoms with Crippen LogP contribution >= 0.6 is 11.1 Å². The summed E-state index contributed by atoms with van der Waals surface area (Å²) >= 11 is -1.25. The Morgan fingerprint density at radius 3 is 2.73 bits per heavy atom. The number of aromatic hydroxyl groups is 1. The average Bonchev–Trinajstić information content (AvgIpc) is 2.95. The molecule has 2 aliphatic heterocycles. The standard InChI is InChI=1S/C29H34N4O6S2/c1-19(2)12-14-33-15-13-24(34)26(28(33)35)27-30-23-11-10-21(17-25(23)41(37,38)32-27)22-9-6-16-40(31-22)29(36)39-18-20-7-4-3-5-8-20/h3-5,7-8,10-11,13,15,17,19,22,31,34,40H,6,9,12,14,16,18H2,1-2H3,(H,30,32). The Hall–Kier alpha value is -3.61. The molecule has 41 heavy (non-hydrogen) atoms. The van der Waals surface area contributed by atoms with Crippen LogP contribution in [0.15, 0.2) is 74.9 Å². The van der Waals surface area contributed by atoms with Gasteiger partial charge in [0.1, 0.15) is 22.8 Å². The summed E-state index contributed by atoms with van der Waals surface area (Å²) in [6, 6.07) is 15.6. The third-order valence-electron chi connectivity index (χ3n) is 7.09. The van der Waals surface area contributed by atoms with Crippen LogP contribution in [0.25, 0.3) is 0 Å². The molecule has 0 spiro atoms. The highest BCUT2D eigenvalue weighted by molar-refractivity contribution is 8.28. The van der Waals surface area contributed by atoms with Crippen molar-refractivity contribution in [1.82, 2.24) is 9.29 Å². The smallest absolute Gasteiger partial charge is 0.359 e. The molecule has 3 aromatic rings. The molecular formula is C29H34N4O6S2. The Labute approximate surface area is 242 Å². The van der Waals surface area contributed by atoms with Crippen LogP contribution in [0, 0.1) is 5.92 Å². The lowest BCUT2D eigenvalue weighted by Crippen LogP contribution is -2.32. The lowest BCUT2D eigenvalue weighted by atomic mass is 10.0. The molecule has 2 aliphatic rings. The molecule has 5 rings (SSSR count). The number of carbonyl (C=O) groups is 1. The third kappa shape index (κ3) is 6.50. The molecule has 1 saturated heterocycles. The van der Waals surface area contributed by atoms with Gasteiger partial charge in [-0.15, -0.1) is 15.5 Å². The van der Waals surface area contributed by atoms with Gasteiger partial charge >= 0.3 is 5.30 Å². The van der Waals surface area contributed by atoms with Gasteiger partial charge in [-0.25, -0.2) is 4.79 Å². The van der Waals surface area contributed by atoms with Crippen molar-refractivity contribution in [3.63, 3.8) is 0 Å². The van der Waals surface area contributed by atoms with Crippen molar-refractivity contribution >= 4 is 37.9 Å². The van der Waals surface area contributed by atoms with Gasteiger partial charge in [0, 0.05) is 18.8 Å². The highest BCUT2D eigenvalue weighted by Crippen LogP contribution is 2.39. The molecule has 3 heterocycles. The van der Waals surface area contributed by atoms with Gasteiger partial charge in [-0.1, -0.05) is 50.2 Å². The number of fused-ring (bicyclic) bond motifs is 1. The maximum absolute atomic E-state index is 13.3. The number of nitrogens with zero attached hydrogens (tertiary/aromatic N) is 2. The zero-order valence-electron chi connectivity index (χ0n) is 22.9. The number of pyridine rings is 1. The minimum Gasteiger partial charge on any atom is -0.507 e. The molecule has 0 saturated carbocycles. The number of anilines is 1. The summed E-state index contributed by atoms with van der Waals surface area (Å²) < 4.78 is 40.8. The van der Waals surface area contributed by atoms with Gasteiger partial charge in [0.15, 0.2) is 5.84 Å². The van der Waals surface area contributed by atoms with E-state index in [0.717, 1.165) is 30.4 Å². The fourth-order valence-corrected chi connectivity index (χ4v) is 7.76. The van der Waals surface area contributed by atoms with E-state index in [2.05, 4.69) is 14.4 Å². The summed E-state index contributed by atoms with van der Waals surface area (Å²) in [6.45, 7) is 4.71. The van der Waals surface area contributed by atoms with Gasteiger partial charge in [0.05, 0.1) is 5.69 Å². The number of thiol groups is 1. The lowest BCUT2D eigenvalue weighted by Gasteiger charge is -2.33. The highest BCUT2D eigenvalue weighted by Gasteiger charge is 2.31. The molecule has 12 heteroatoms. The average molecular weight is 599 g/mol. The number of aryl methyl sites for hydroxylation is 1. The molecule has 2 aromatic carbocycles. The second-order valence-corrected chi connectivity index (χ2v) is 14.1. The third-order valence-corrected chi connectivity index (χ3v) is 10.4. The Kier molecular flexibility index (Phi) is 8.52. The second-order valence-electron chi connectivity index (χ2n) is 10.6. The first kappa shape index (κ1) is 28.9. The molecule has 1 fully saturated rings. The largest absolute Gasteiger partial charge is 0.507 e. The monoisotopic (exact) mass is 598 g/mol. The first-order valence-corrected chi connectivity index (χ1v) is 16.5. The Bertz CT molecular complexity index is 1640. The predicted octanol–water partition coefficient (Wildman–Crippen LogP) is 4.84. The number of aromatic nitrogens is 1. The van der Waals surface area contributed by atoms with Crippen molar-refractivity contribution < 1.29 is 23.1 Å². The SMILES string of the molecule is CC(C)CCn1ccc(O)c(C2=NS(=O)(=O)c3cc(C4CCC[SH](C(=O)OCc5ccccc5)N4)ccc3N2)c1=O. The zero-order chi connectivity index (χ0) is 29.1. The summed E-state index contributed by atoms with van der Waals surface area (Å²) in [5.41, 5.74) is 1.18. The maximum Gasteiger partial charge on any atom is 0.359 e. The van der Waals surface area contributed by atoms with Crippen molar-refractivity contribution in [3.8, 4) is 5.75 Å². The highest BCUT2D eigenvalue weighted by atomic mass is 32.2. The molecule has 218 valence electrons. The molecule has 0 aliphatic carbocycles. The summed E-state index contributed by atoms with van der Waals surface area (Å²) in [4.78, 5) is 25.9. The Morgan fingerprint density at radius 2 is 1.98 bits per heavy atom. The van der Waals surface area contributed by atoms with Crippen molar-refractivity contribution in [2.45, 2.75) is 57.2 Å². The van der Waals surface area contributed by atoms with Gasteiger partial charge in [0.25, 0.3) is 15.6 Å². The van der Waals surface area contributed by atoms with E-state index >= 15 is 0 Å². The summed E-state index contributed by atoms with van der Waals surface area (Å²) in [5.74, 6) is 0.483. The quantitative estimate of drug-likeness (QED) is 0.224. The summed E-state index contributed by atoms with van der Waals surface area (Å²) in [7, 11) is -4.19. The topological polar surface area (TPSA) is 139 Å². The molecule has 10 nitrogen and oxygen atoms in total. The van der Waals surface area contributed by atoms with E-state index in [4.69, 9.17) is 4.74 Å². The normalized spacial score (nSPS) is 20.5. The van der Waals surface area contributed by atoms with Crippen LogP contribution in [0.1, 0.15) is 55.8 Å². The number of benzene rings is 2. The number of sulfonamides is 1. The molecule has 2 unspecified atom stereocenters. The van der Waals surface area contributed by atoms with E-state index in [1.807, 2.05) is 44.2 Å². The Morgan fingerprint density at radius 1 is 1.20 bits per heavy atom. The molecule has 0 radical (unpaired) electrons. The number of ether oxygens (including phenoxy) is 1. The molecule has 2 atom stereocenters. The van der Waals surface area contributed by atoms with Gasteiger partial charge in [0.2, 0.25) is 0 Å². The lowest BCUT2D eigenvalue weighted by molar-refractivity contribution is 0.167. The number of nitrogens with one attached hydrogen (secondary N) is 2. The maximum atomic E-state index is 13.3. The van der Waals surface area contributed by atoms with E-state index in [-0.39, 0.29) is 45.7 Å². The first-order valence-electron chi connectivity index (χ1n) is 13.6. The van der Waals surface area contributed by atoms with Crippen LogP contribution in [0.3, 0.4) is 0 Å². The number of rotatable bonds is 7. The number of hydrogen-bond acceptors (Lipinski definition) is 8. The van der Waals surface area contributed by atoms with Gasteiger partial charge < -0.3 is 19.7 Å². The van der Waals surface area contributed by atoms with Gasteiger partial charge in [-0.2, -0.15) is 8.42 Å². The van der Waals surface area contributed by atoms with Crippen molar-refractivity contribution in [1.29, 1.82) is 0 Å². The molecule has 0 bridgehead atoms. The molecular weight excluding hydrogens is 564 g/mol. The van der Waals surface area contributed by atoms with E-state index in [9.17, 15) is 23.1 Å².